The third kappa shape index (κ3) is 3.26. The summed E-state index contributed by atoms with van der Waals surface area (Å²) in [6, 6.07) is 9.46. The zero-order valence-electron chi connectivity index (χ0n) is 13.9. The maximum Gasteiger partial charge on any atom is 0.355 e. The molecule has 1 aromatic carbocycles. The highest BCUT2D eigenvalue weighted by Crippen LogP contribution is 2.29. The van der Waals surface area contributed by atoms with Crippen LogP contribution in [0.5, 0.6) is 5.75 Å². The maximum absolute atomic E-state index is 13.0. The van der Waals surface area contributed by atoms with Gasteiger partial charge in [-0.3, -0.25) is 10.2 Å². The number of rotatable bonds is 6. The molecule has 2 heterocycles. The smallest absolute Gasteiger partial charge is 0.355 e. The van der Waals surface area contributed by atoms with Gasteiger partial charge in [0.15, 0.2) is 11.5 Å². The fourth-order valence-corrected chi connectivity index (χ4v) is 2.75. The Bertz CT molecular complexity index is 798. The molecule has 0 radical (unpaired) electrons. The first-order valence-electron chi connectivity index (χ1n) is 7.87. The molecule has 0 aliphatic carbocycles. The number of hydrogen-bond donors (Lipinski definition) is 1. The van der Waals surface area contributed by atoms with Gasteiger partial charge in [0.05, 0.1) is 25.9 Å². The van der Waals surface area contributed by atoms with Crippen LogP contribution in [0.25, 0.3) is 0 Å². The molecular weight excluding hydrogens is 324 g/mol. The van der Waals surface area contributed by atoms with Gasteiger partial charge in [0.2, 0.25) is 0 Å². The van der Waals surface area contributed by atoms with Crippen molar-refractivity contribution in [2.75, 3.05) is 13.7 Å². The number of hydrazone groups is 1. The van der Waals surface area contributed by atoms with Crippen molar-refractivity contribution < 1.29 is 23.5 Å². The minimum atomic E-state index is -0.766. The van der Waals surface area contributed by atoms with Crippen LogP contribution in [0.3, 0.4) is 0 Å². The Morgan fingerprint density at radius 3 is 2.80 bits per heavy atom. The van der Waals surface area contributed by atoms with Gasteiger partial charge in [0.25, 0.3) is 0 Å². The molecule has 0 amide bonds. The van der Waals surface area contributed by atoms with Crippen molar-refractivity contribution >= 4 is 17.5 Å². The molecule has 2 unspecified atom stereocenters. The highest BCUT2D eigenvalue weighted by Gasteiger charge is 2.43. The van der Waals surface area contributed by atoms with Crippen LogP contribution >= 0.6 is 0 Å². The number of nitrogens with zero attached hydrogens (tertiary/aromatic N) is 1. The number of carbonyl (C=O) groups is 2. The molecule has 0 bridgehead atoms. The summed E-state index contributed by atoms with van der Waals surface area (Å²) in [7, 11) is 1.53. The molecule has 2 aromatic rings. The molecular formula is C18H18N2O5. The van der Waals surface area contributed by atoms with Crippen LogP contribution in [-0.4, -0.2) is 37.2 Å². The summed E-state index contributed by atoms with van der Waals surface area (Å²) >= 11 is 0. The van der Waals surface area contributed by atoms with E-state index < -0.39 is 17.9 Å². The minimum Gasteiger partial charge on any atom is -0.497 e. The molecule has 1 aromatic heterocycles. The molecule has 0 fully saturated rings. The normalized spacial score (nSPS) is 19.0. The average Bonchev–Trinajstić information content (AvgIpc) is 3.30. The molecule has 2 atom stereocenters. The van der Waals surface area contributed by atoms with E-state index in [9.17, 15) is 9.59 Å². The van der Waals surface area contributed by atoms with Gasteiger partial charge in [-0.25, -0.2) is 4.79 Å². The SMILES string of the molecule is CCOC(=O)C1=NNC(C(=O)c2cccc(OC)c2)C1c1ccco1. The summed E-state index contributed by atoms with van der Waals surface area (Å²) in [6.07, 6.45) is 1.49. The molecule has 1 N–H and O–H groups in total. The lowest BCUT2D eigenvalue weighted by atomic mass is 9.88. The first kappa shape index (κ1) is 16.8. The molecule has 25 heavy (non-hydrogen) atoms. The molecule has 3 rings (SSSR count). The summed E-state index contributed by atoms with van der Waals surface area (Å²) in [5.41, 5.74) is 3.33. The van der Waals surface area contributed by atoms with Crippen molar-refractivity contribution in [3.63, 3.8) is 0 Å². The summed E-state index contributed by atoms with van der Waals surface area (Å²) in [6.45, 7) is 1.93. The van der Waals surface area contributed by atoms with Crippen molar-refractivity contribution in [3.8, 4) is 5.75 Å². The first-order chi connectivity index (χ1) is 12.2. The van der Waals surface area contributed by atoms with Crippen molar-refractivity contribution in [3.05, 3.63) is 54.0 Å². The fourth-order valence-electron chi connectivity index (χ4n) is 2.75. The number of carbonyl (C=O) groups excluding carboxylic acids is 2. The number of benzene rings is 1. The van der Waals surface area contributed by atoms with Gasteiger partial charge in [0, 0.05) is 5.56 Å². The Balaban J connectivity index is 1.92. The summed E-state index contributed by atoms with van der Waals surface area (Å²) in [4.78, 5) is 25.2. The third-order valence-corrected chi connectivity index (χ3v) is 3.92. The lowest BCUT2D eigenvalue weighted by Gasteiger charge is -2.17. The number of hydrogen-bond acceptors (Lipinski definition) is 7. The number of ketones is 1. The zero-order valence-corrected chi connectivity index (χ0v) is 13.9. The minimum absolute atomic E-state index is 0.123. The number of methoxy groups -OCH3 is 1. The molecule has 1 aliphatic rings. The van der Waals surface area contributed by atoms with Gasteiger partial charge < -0.3 is 13.9 Å². The predicted octanol–water partition coefficient (Wildman–Crippen LogP) is 2.15. The largest absolute Gasteiger partial charge is 0.497 e. The number of nitrogens with one attached hydrogen (secondary N) is 1. The first-order valence-corrected chi connectivity index (χ1v) is 7.87. The number of ether oxygens (including phenoxy) is 2. The Morgan fingerprint density at radius 1 is 1.28 bits per heavy atom. The summed E-state index contributed by atoms with van der Waals surface area (Å²) in [5.74, 6) is -0.406. The van der Waals surface area contributed by atoms with Crippen LogP contribution in [0.1, 0.15) is 29.0 Å². The summed E-state index contributed by atoms with van der Waals surface area (Å²) < 4.78 is 15.6. The van der Waals surface area contributed by atoms with Crippen molar-refractivity contribution in [2.45, 2.75) is 18.9 Å². The fraction of sp³-hybridized carbons (Fsp3) is 0.278. The highest BCUT2D eigenvalue weighted by molar-refractivity contribution is 6.40. The molecule has 7 nitrogen and oxygen atoms in total. The second-order valence-electron chi connectivity index (χ2n) is 5.41. The van der Waals surface area contributed by atoms with Crippen LogP contribution in [0, 0.1) is 0 Å². The van der Waals surface area contributed by atoms with Crippen LogP contribution in [0.2, 0.25) is 0 Å². The van der Waals surface area contributed by atoms with E-state index in [-0.39, 0.29) is 18.1 Å². The Kier molecular flexibility index (Phi) is 4.83. The number of furan rings is 1. The van der Waals surface area contributed by atoms with Gasteiger partial charge >= 0.3 is 5.97 Å². The molecule has 7 heteroatoms. The van der Waals surface area contributed by atoms with E-state index in [0.29, 0.717) is 17.1 Å². The van der Waals surface area contributed by atoms with E-state index in [1.807, 2.05) is 0 Å². The molecule has 0 saturated heterocycles. The second kappa shape index (κ2) is 7.21. The van der Waals surface area contributed by atoms with Crippen molar-refractivity contribution in [1.29, 1.82) is 0 Å². The van der Waals surface area contributed by atoms with Gasteiger partial charge in [-0.15, -0.1) is 0 Å². The third-order valence-electron chi connectivity index (χ3n) is 3.92. The van der Waals surface area contributed by atoms with Gasteiger partial charge in [0.1, 0.15) is 17.6 Å². The molecule has 1 aliphatic heterocycles. The van der Waals surface area contributed by atoms with Crippen LogP contribution in [0.4, 0.5) is 0 Å². The molecule has 0 saturated carbocycles. The molecule has 0 spiro atoms. The zero-order chi connectivity index (χ0) is 17.8. The van der Waals surface area contributed by atoms with Crippen LogP contribution < -0.4 is 10.2 Å². The van der Waals surface area contributed by atoms with E-state index in [4.69, 9.17) is 13.9 Å². The van der Waals surface area contributed by atoms with Crippen molar-refractivity contribution in [2.24, 2.45) is 5.10 Å². The van der Waals surface area contributed by atoms with E-state index in [2.05, 4.69) is 10.5 Å². The second-order valence-corrected chi connectivity index (χ2v) is 5.41. The monoisotopic (exact) mass is 342 g/mol. The Hall–Kier alpha value is -3.09. The van der Waals surface area contributed by atoms with Crippen molar-refractivity contribution in [1.82, 2.24) is 5.43 Å². The van der Waals surface area contributed by atoms with E-state index in [0.717, 1.165) is 0 Å². The van der Waals surface area contributed by atoms with Gasteiger partial charge in [-0.2, -0.15) is 5.10 Å². The quantitative estimate of drug-likeness (QED) is 0.639. The maximum atomic E-state index is 13.0. The summed E-state index contributed by atoms with van der Waals surface area (Å²) in [5, 5.41) is 4.04. The standard InChI is InChI=1S/C18H18N2O5/c1-3-24-18(22)16-14(13-8-5-9-25-13)15(19-20-16)17(21)11-6-4-7-12(10-11)23-2/h4-10,14-15,19H,3H2,1-2H3. The van der Waals surface area contributed by atoms with Gasteiger partial charge in [-0.05, 0) is 31.2 Å². The van der Waals surface area contributed by atoms with Crippen LogP contribution in [0.15, 0.2) is 52.2 Å². The van der Waals surface area contributed by atoms with Gasteiger partial charge in [-0.1, -0.05) is 12.1 Å². The number of Topliss-reactive ketones (excluding diaryl/α,β-unsaturated/α-hetero) is 1. The lowest BCUT2D eigenvalue weighted by molar-refractivity contribution is -0.135. The Labute approximate surface area is 144 Å². The average molecular weight is 342 g/mol. The van der Waals surface area contributed by atoms with E-state index in [1.165, 1.54) is 13.4 Å². The number of esters is 1. The van der Waals surface area contributed by atoms with E-state index >= 15 is 0 Å². The Morgan fingerprint density at radius 2 is 2.12 bits per heavy atom. The topological polar surface area (TPSA) is 90.1 Å². The predicted molar refractivity (Wildman–Crippen MR) is 89.8 cm³/mol. The lowest BCUT2D eigenvalue weighted by Crippen LogP contribution is -2.37. The molecule has 130 valence electrons. The highest BCUT2D eigenvalue weighted by atomic mass is 16.5. The van der Waals surface area contributed by atoms with Crippen LogP contribution in [-0.2, 0) is 9.53 Å². The van der Waals surface area contributed by atoms with E-state index in [1.54, 1.807) is 43.3 Å².